The quantitative estimate of drug-likeness (QED) is 0.123. The van der Waals surface area contributed by atoms with E-state index in [0.717, 1.165) is 44.6 Å². The van der Waals surface area contributed by atoms with Crippen molar-refractivity contribution < 1.29 is 20.8 Å². The second-order valence-corrected chi connectivity index (χ2v) is 16.1. The summed E-state index contributed by atoms with van der Waals surface area (Å²) in [6.07, 6.45) is 2.08. The number of hydrogen-bond donors (Lipinski definition) is 0. The van der Waals surface area contributed by atoms with Gasteiger partial charge in [-0.05, 0) is 36.1 Å². The van der Waals surface area contributed by atoms with E-state index >= 15 is 0 Å². The summed E-state index contributed by atoms with van der Waals surface area (Å²) in [5.41, 5.74) is 6.97. The monoisotopic (exact) mass is 792 g/mol. The van der Waals surface area contributed by atoms with Crippen molar-refractivity contribution in [2.75, 3.05) is 0 Å². The molecule has 0 amide bonds. The topological polar surface area (TPSA) is 0 Å². The van der Waals surface area contributed by atoms with E-state index in [1.807, 2.05) is 36.4 Å². The molecule has 0 saturated heterocycles. The van der Waals surface area contributed by atoms with Crippen LogP contribution in [0.2, 0.25) is 33.2 Å². The number of fused-ring (bicyclic) bond motifs is 2. The molecule has 226 valence electrons. The standard InChI is InChI=1S/2C17H13Cl2.C2H6Si.2ClH.Zr/c2*1-2-11-9-12-5-3-6-13(15(12)10-11)14-7-4-8-16(18)17(14)19;1-3-2;;;/h2*3-10H,2H2,1H3;1-2H3;2*1H;/q2*-1;;;;+4/p-2. The molecule has 0 aliphatic heterocycles. The van der Waals surface area contributed by atoms with Crippen molar-refractivity contribution in [3.8, 4) is 22.3 Å². The summed E-state index contributed by atoms with van der Waals surface area (Å²) in [5, 5.41) is 7.42. The van der Waals surface area contributed by atoms with Crippen LogP contribution in [0.3, 0.4) is 0 Å². The van der Waals surface area contributed by atoms with Crippen LogP contribution in [0.15, 0.2) is 97.1 Å². The van der Waals surface area contributed by atoms with Crippen LogP contribution < -0.4 is 0 Å². The Morgan fingerprint density at radius 1 is 0.568 bits per heavy atom. The molecule has 0 bridgehead atoms. The van der Waals surface area contributed by atoms with Crippen LogP contribution in [0.1, 0.15) is 25.0 Å². The van der Waals surface area contributed by atoms with Crippen LogP contribution in [0.25, 0.3) is 43.8 Å². The van der Waals surface area contributed by atoms with Crippen molar-refractivity contribution in [3.63, 3.8) is 0 Å². The van der Waals surface area contributed by atoms with E-state index in [9.17, 15) is 0 Å². The van der Waals surface area contributed by atoms with Gasteiger partial charge in [-0.25, -0.2) is 0 Å². The molecule has 0 nitrogen and oxygen atoms in total. The van der Waals surface area contributed by atoms with Crippen molar-refractivity contribution in [2.24, 2.45) is 0 Å². The van der Waals surface area contributed by atoms with Gasteiger partial charge in [0, 0.05) is 9.52 Å². The van der Waals surface area contributed by atoms with Gasteiger partial charge in [0.25, 0.3) is 0 Å². The van der Waals surface area contributed by atoms with Crippen molar-refractivity contribution >= 4 is 94.5 Å². The Morgan fingerprint density at radius 3 is 1.23 bits per heavy atom. The second kappa shape index (κ2) is 18.9. The summed E-state index contributed by atoms with van der Waals surface area (Å²) in [7, 11) is 11.0. The molecule has 0 unspecified atom stereocenters. The Kier molecular flexibility index (Phi) is 16.1. The Labute approximate surface area is 302 Å². The van der Waals surface area contributed by atoms with Gasteiger partial charge in [0.05, 0.1) is 20.1 Å². The molecule has 0 aliphatic rings. The minimum absolute atomic E-state index is 0.596. The molecule has 2 radical (unpaired) electrons. The molecule has 6 aromatic rings. The zero-order valence-electron chi connectivity index (χ0n) is 24.9. The Morgan fingerprint density at radius 2 is 0.886 bits per heavy atom. The molecule has 6 rings (SSSR count). The molecule has 0 fully saturated rings. The fraction of sp³-hybridized carbons (Fsp3) is 0.167. The van der Waals surface area contributed by atoms with Crippen LogP contribution in [0.4, 0.5) is 0 Å². The van der Waals surface area contributed by atoms with Gasteiger partial charge in [-0.15, -0.1) is 69.1 Å². The van der Waals surface area contributed by atoms with Gasteiger partial charge in [0.2, 0.25) is 0 Å². The predicted molar refractivity (Wildman–Crippen MR) is 198 cm³/mol. The summed E-state index contributed by atoms with van der Waals surface area (Å²) in [6.45, 7) is 8.64. The average molecular weight is 797 g/mol. The van der Waals surface area contributed by atoms with Crippen molar-refractivity contribution in [1.82, 2.24) is 0 Å². The first-order valence-corrected chi connectivity index (χ1v) is 23.9. The molecule has 44 heavy (non-hydrogen) atoms. The van der Waals surface area contributed by atoms with E-state index < -0.39 is 20.8 Å². The molecule has 8 heteroatoms. The van der Waals surface area contributed by atoms with E-state index in [1.165, 1.54) is 32.7 Å². The summed E-state index contributed by atoms with van der Waals surface area (Å²) in [5.74, 6) is 0. The average Bonchev–Trinajstić information content (AvgIpc) is 3.65. The molecule has 0 aromatic heterocycles. The molecule has 0 atom stereocenters. The van der Waals surface area contributed by atoms with Gasteiger partial charge >= 0.3 is 37.9 Å². The summed E-state index contributed by atoms with van der Waals surface area (Å²) in [4.78, 5) is 0. The number of halogens is 6. The summed E-state index contributed by atoms with van der Waals surface area (Å²) < 4.78 is 0. The van der Waals surface area contributed by atoms with Gasteiger partial charge in [0.15, 0.2) is 0 Å². The van der Waals surface area contributed by atoms with Crippen LogP contribution in [0.5, 0.6) is 0 Å². The molecule has 6 aromatic carbocycles. The Balaban J connectivity index is 0.000000204. The van der Waals surface area contributed by atoms with Gasteiger partial charge in [-0.2, -0.15) is 12.1 Å². The first-order chi connectivity index (χ1) is 21.2. The molecule has 0 aliphatic carbocycles. The van der Waals surface area contributed by atoms with E-state index in [1.54, 1.807) is 0 Å². The molecular weight excluding hydrogens is 764 g/mol. The number of benzene rings is 4. The van der Waals surface area contributed by atoms with E-state index in [2.05, 4.69) is 87.6 Å². The molecule has 0 spiro atoms. The zero-order chi connectivity index (χ0) is 32.2. The van der Waals surface area contributed by atoms with Crippen molar-refractivity contribution in [2.45, 2.75) is 39.8 Å². The summed E-state index contributed by atoms with van der Waals surface area (Å²) >= 11 is 24.1. The molecular formula is C36H32Cl6SiZr. The number of aryl methyl sites for hydroxylation is 2. The SMILES string of the molecule is CCc1cc2c(-c3cccc(Cl)c3Cl)cccc2[cH-]1.CCc1cc2c(-c3cccc(Cl)c3Cl)cccc2[cH-]1.C[Si]C.[Cl][Zr+2][Cl]. The third-order valence-electron chi connectivity index (χ3n) is 6.92. The van der Waals surface area contributed by atoms with Crippen LogP contribution in [0, 0.1) is 0 Å². The number of rotatable bonds is 4. The van der Waals surface area contributed by atoms with E-state index in [4.69, 9.17) is 63.4 Å². The summed E-state index contributed by atoms with van der Waals surface area (Å²) in [6, 6.07) is 33.1. The van der Waals surface area contributed by atoms with Crippen LogP contribution in [-0.4, -0.2) is 9.52 Å². The van der Waals surface area contributed by atoms with Crippen molar-refractivity contribution in [1.29, 1.82) is 0 Å². The third kappa shape index (κ3) is 9.49. The Bertz CT molecular complexity index is 1660. The third-order valence-corrected chi connectivity index (χ3v) is 8.56. The second-order valence-electron chi connectivity index (χ2n) is 9.83. The molecule has 0 N–H and O–H groups in total. The minimum atomic E-state index is -0.826. The van der Waals surface area contributed by atoms with E-state index in [0.29, 0.717) is 20.1 Å². The van der Waals surface area contributed by atoms with Gasteiger partial charge < -0.3 is 0 Å². The molecule has 0 saturated carbocycles. The fourth-order valence-corrected chi connectivity index (χ4v) is 5.70. The zero-order valence-corrected chi connectivity index (χ0v) is 32.9. The van der Waals surface area contributed by atoms with Crippen LogP contribution in [-0.2, 0) is 33.7 Å². The van der Waals surface area contributed by atoms with Gasteiger partial charge in [0.1, 0.15) is 0 Å². The van der Waals surface area contributed by atoms with E-state index in [-0.39, 0.29) is 0 Å². The Hall–Kier alpha value is -1.06. The van der Waals surface area contributed by atoms with Crippen molar-refractivity contribution in [3.05, 3.63) is 128 Å². The normalized spacial score (nSPS) is 10.2. The maximum absolute atomic E-state index is 6.34. The fourth-order valence-electron chi connectivity index (χ4n) is 4.90. The van der Waals surface area contributed by atoms with Gasteiger partial charge in [-0.3, -0.25) is 0 Å². The predicted octanol–water partition coefficient (Wildman–Crippen LogP) is 14.4. The molecule has 0 heterocycles. The first kappa shape index (κ1) is 37.4. The first-order valence-electron chi connectivity index (χ1n) is 14.0. The number of hydrogen-bond acceptors (Lipinski definition) is 0. The maximum atomic E-state index is 6.34. The van der Waals surface area contributed by atoms with Crippen LogP contribution >= 0.6 is 63.4 Å². The van der Waals surface area contributed by atoms with Gasteiger partial charge in [-0.1, -0.05) is 121 Å².